The summed E-state index contributed by atoms with van der Waals surface area (Å²) in [4.78, 5) is 22.9. The number of nitrogens with zero attached hydrogens (tertiary/aromatic N) is 2. The summed E-state index contributed by atoms with van der Waals surface area (Å²) >= 11 is 18.2. The molecule has 0 aromatic heterocycles. The van der Waals surface area contributed by atoms with Gasteiger partial charge in [-0.3, -0.25) is 14.9 Å². The first-order valence-corrected chi connectivity index (χ1v) is 11.0. The van der Waals surface area contributed by atoms with Crippen molar-refractivity contribution in [3.63, 3.8) is 0 Å². The van der Waals surface area contributed by atoms with Crippen molar-refractivity contribution in [2.75, 3.05) is 12.4 Å². The number of nitriles is 1. The van der Waals surface area contributed by atoms with Crippen LogP contribution in [0.3, 0.4) is 0 Å². The summed E-state index contributed by atoms with van der Waals surface area (Å²) < 4.78 is 11.1. The molecular formula is C24H16Cl3N3O5. The van der Waals surface area contributed by atoms with E-state index in [1.165, 1.54) is 43.5 Å². The van der Waals surface area contributed by atoms with Gasteiger partial charge in [0.2, 0.25) is 0 Å². The number of amides is 1. The Balaban J connectivity index is 1.79. The third kappa shape index (κ3) is 6.64. The quantitative estimate of drug-likeness (QED) is 0.150. The lowest BCUT2D eigenvalue weighted by atomic mass is 10.1. The van der Waals surface area contributed by atoms with Gasteiger partial charge in [0.1, 0.15) is 18.2 Å². The lowest BCUT2D eigenvalue weighted by Crippen LogP contribution is -2.13. The number of carbonyl (C=O) groups excluding carboxylic acids is 1. The highest BCUT2D eigenvalue weighted by atomic mass is 35.5. The number of nitrogens with one attached hydrogen (secondary N) is 1. The molecule has 3 rings (SSSR count). The third-order valence-corrected chi connectivity index (χ3v) is 5.66. The van der Waals surface area contributed by atoms with Crippen LogP contribution >= 0.6 is 34.8 Å². The van der Waals surface area contributed by atoms with E-state index in [0.717, 1.165) is 0 Å². The fourth-order valence-electron chi connectivity index (χ4n) is 2.92. The summed E-state index contributed by atoms with van der Waals surface area (Å²) in [6.07, 6.45) is 1.35. The summed E-state index contributed by atoms with van der Waals surface area (Å²) in [5, 5.41) is 23.6. The zero-order valence-corrected chi connectivity index (χ0v) is 20.3. The Hall–Kier alpha value is -3.77. The fourth-order valence-corrected chi connectivity index (χ4v) is 3.49. The Morgan fingerprint density at radius 2 is 1.80 bits per heavy atom. The number of non-ortho nitro benzene ring substituents is 1. The Morgan fingerprint density at radius 1 is 1.09 bits per heavy atom. The number of halogens is 3. The van der Waals surface area contributed by atoms with E-state index >= 15 is 0 Å². The zero-order valence-electron chi connectivity index (χ0n) is 18.1. The molecule has 1 N–H and O–H groups in total. The smallest absolute Gasteiger partial charge is 0.269 e. The molecule has 0 aliphatic heterocycles. The fraction of sp³-hybridized carbons (Fsp3) is 0.0833. The number of ether oxygens (including phenoxy) is 2. The second-order valence-electron chi connectivity index (χ2n) is 7.00. The van der Waals surface area contributed by atoms with E-state index < -0.39 is 10.8 Å². The summed E-state index contributed by atoms with van der Waals surface area (Å²) in [6, 6.07) is 15.4. The molecule has 0 spiro atoms. The SMILES string of the molecule is COc1cc(/C=C(\C#N)C(=O)Nc2ccc(Cl)c(Cl)c2)cc(Cl)c1OCc1ccc([N+](=O)[O-])cc1. The van der Waals surface area contributed by atoms with E-state index in [9.17, 15) is 20.2 Å². The van der Waals surface area contributed by atoms with Gasteiger partial charge in [-0.15, -0.1) is 0 Å². The average Bonchev–Trinajstić information content (AvgIpc) is 2.84. The Morgan fingerprint density at radius 3 is 2.40 bits per heavy atom. The van der Waals surface area contributed by atoms with Crippen molar-refractivity contribution in [3.8, 4) is 17.6 Å². The van der Waals surface area contributed by atoms with Crippen LogP contribution in [0.4, 0.5) is 11.4 Å². The topological polar surface area (TPSA) is 114 Å². The maximum absolute atomic E-state index is 12.6. The summed E-state index contributed by atoms with van der Waals surface area (Å²) in [5.41, 5.74) is 1.26. The Labute approximate surface area is 215 Å². The number of nitro groups is 1. The number of methoxy groups -OCH3 is 1. The van der Waals surface area contributed by atoms with Crippen molar-refractivity contribution in [2.45, 2.75) is 6.61 Å². The number of rotatable bonds is 8. The minimum Gasteiger partial charge on any atom is -0.493 e. The first kappa shape index (κ1) is 25.8. The maximum Gasteiger partial charge on any atom is 0.269 e. The average molecular weight is 533 g/mol. The van der Waals surface area contributed by atoms with Crippen LogP contribution in [0.2, 0.25) is 15.1 Å². The van der Waals surface area contributed by atoms with E-state index in [-0.39, 0.29) is 39.4 Å². The van der Waals surface area contributed by atoms with Crippen LogP contribution in [0.15, 0.2) is 60.2 Å². The van der Waals surface area contributed by atoms with Crippen LogP contribution in [-0.2, 0) is 11.4 Å². The van der Waals surface area contributed by atoms with Crippen molar-refractivity contribution in [1.29, 1.82) is 5.26 Å². The molecule has 8 nitrogen and oxygen atoms in total. The van der Waals surface area contributed by atoms with Crippen LogP contribution in [-0.4, -0.2) is 17.9 Å². The van der Waals surface area contributed by atoms with Crippen molar-refractivity contribution < 1.29 is 19.2 Å². The summed E-state index contributed by atoms with van der Waals surface area (Å²) in [5.74, 6) is -0.143. The molecule has 0 aliphatic carbocycles. The number of hydrogen-bond acceptors (Lipinski definition) is 6. The van der Waals surface area contributed by atoms with Gasteiger partial charge in [-0.05, 0) is 59.7 Å². The molecular weight excluding hydrogens is 517 g/mol. The molecule has 11 heteroatoms. The molecule has 0 bridgehead atoms. The molecule has 1 amide bonds. The van der Waals surface area contributed by atoms with E-state index in [1.807, 2.05) is 6.07 Å². The molecule has 0 radical (unpaired) electrons. The normalized spacial score (nSPS) is 10.9. The second-order valence-corrected chi connectivity index (χ2v) is 8.22. The first-order chi connectivity index (χ1) is 16.7. The van der Waals surface area contributed by atoms with Gasteiger partial charge >= 0.3 is 0 Å². The Bertz CT molecular complexity index is 1350. The third-order valence-electron chi connectivity index (χ3n) is 4.64. The number of benzene rings is 3. The van der Waals surface area contributed by atoms with E-state index in [4.69, 9.17) is 44.3 Å². The van der Waals surface area contributed by atoms with Crippen LogP contribution < -0.4 is 14.8 Å². The van der Waals surface area contributed by atoms with Crippen molar-refractivity contribution >= 4 is 58.2 Å². The van der Waals surface area contributed by atoms with Gasteiger partial charge in [0.15, 0.2) is 11.5 Å². The molecule has 0 saturated heterocycles. The van der Waals surface area contributed by atoms with Gasteiger partial charge in [-0.25, -0.2) is 0 Å². The van der Waals surface area contributed by atoms with E-state index in [0.29, 0.717) is 21.8 Å². The molecule has 35 heavy (non-hydrogen) atoms. The van der Waals surface area contributed by atoms with Gasteiger partial charge in [-0.2, -0.15) is 5.26 Å². The summed E-state index contributed by atoms with van der Waals surface area (Å²) in [6.45, 7) is 0.0821. The highest BCUT2D eigenvalue weighted by Gasteiger charge is 2.15. The molecule has 3 aromatic carbocycles. The standard InChI is InChI=1S/C24H16Cl3N3O5/c1-34-22-10-15(8-16(12-28)24(31)29-17-4-7-19(25)20(26)11-17)9-21(27)23(22)35-13-14-2-5-18(6-3-14)30(32)33/h2-11H,13H2,1H3,(H,29,31)/b16-8+. The molecule has 3 aromatic rings. The van der Waals surface area contributed by atoms with Crippen LogP contribution in [0.1, 0.15) is 11.1 Å². The van der Waals surface area contributed by atoms with Gasteiger partial charge in [0.05, 0.1) is 27.1 Å². The second kappa shape index (κ2) is 11.6. The number of nitro benzene ring substituents is 1. The molecule has 0 heterocycles. The molecule has 0 aliphatic rings. The van der Waals surface area contributed by atoms with Crippen molar-refractivity contribution in [1.82, 2.24) is 0 Å². The van der Waals surface area contributed by atoms with Gasteiger partial charge in [-0.1, -0.05) is 34.8 Å². The lowest BCUT2D eigenvalue weighted by Gasteiger charge is -2.13. The van der Waals surface area contributed by atoms with Gasteiger partial charge < -0.3 is 14.8 Å². The van der Waals surface area contributed by atoms with Crippen LogP contribution in [0, 0.1) is 21.4 Å². The zero-order chi connectivity index (χ0) is 25.5. The van der Waals surface area contributed by atoms with Gasteiger partial charge in [0, 0.05) is 17.8 Å². The highest BCUT2D eigenvalue weighted by molar-refractivity contribution is 6.42. The highest BCUT2D eigenvalue weighted by Crippen LogP contribution is 2.37. The lowest BCUT2D eigenvalue weighted by molar-refractivity contribution is -0.384. The van der Waals surface area contributed by atoms with Crippen molar-refractivity contribution in [3.05, 3.63) is 96.5 Å². The number of anilines is 1. The predicted molar refractivity (Wildman–Crippen MR) is 134 cm³/mol. The Kier molecular flexibility index (Phi) is 8.55. The molecule has 0 atom stereocenters. The maximum atomic E-state index is 12.6. The van der Waals surface area contributed by atoms with Crippen LogP contribution in [0.25, 0.3) is 6.08 Å². The predicted octanol–water partition coefficient (Wildman–Crippen LogP) is 6.69. The molecule has 0 saturated carbocycles. The molecule has 0 unspecified atom stereocenters. The molecule has 178 valence electrons. The monoisotopic (exact) mass is 531 g/mol. The first-order valence-electron chi connectivity index (χ1n) is 9.83. The largest absolute Gasteiger partial charge is 0.493 e. The molecule has 0 fully saturated rings. The van der Waals surface area contributed by atoms with Crippen molar-refractivity contribution in [2.24, 2.45) is 0 Å². The van der Waals surface area contributed by atoms with E-state index in [1.54, 1.807) is 24.3 Å². The van der Waals surface area contributed by atoms with Crippen LogP contribution in [0.5, 0.6) is 11.5 Å². The van der Waals surface area contributed by atoms with Gasteiger partial charge in [0.25, 0.3) is 11.6 Å². The number of carbonyl (C=O) groups is 1. The van der Waals surface area contributed by atoms with E-state index in [2.05, 4.69) is 5.32 Å². The summed E-state index contributed by atoms with van der Waals surface area (Å²) in [7, 11) is 1.42. The minimum atomic E-state index is -0.653. The number of hydrogen-bond donors (Lipinski definition) is 1. The minimum absolute atomic E-state index is 0.0306.